The topological polar surface area (TPSA) is 38.7 Å². The lowest BCUT2D eigenvalue weighted by atomic mass is 10.1. The van der Waals surface area contributed by atoms with Crippen molar-refractivity contribution < 1.29 is 0 Å². The number of aryl methyl sites for hydroxylation is 2. The fraction of sp³-hybridized carbons (Fsp3) is 0.182. The SMILES string of the molecule is Cc1cccnc1-c1cn[c]nc1C. The van der Waals surface area contributed by atoms with Gasteiger partial charge in [-0.3, -0.25) is 4.98 Å². The summed E-state index contributed by atoms with van der Waals surface area (Å²) in [4.78, 5) is 12.2. The van der Waals surface area contributed by atoms with Crippen molar-refractivity contribution in [1.82, 2.24) is 15.0 Å². The monoisotopic (exact) mass is 184 g/mol. The summed E-state index contributed by atoms with van der Waals surface area (Å²) in [5.74, 6) is 0. The van der Waals surface area contributed by atoms with Crippen LogP contribution in [0.5, 0.6) is 0 Å². The van der Waals surface area contributed by atoms with Crippen molar-refractivity contribution in [1.29, 1.82) is 0 Å². The van der Waals surface area contributed by atoms with Gasteiger partial charge < -0.3 is 0 Å². The van der Waals surface area contributed by atoms with Crippen LogP contribution in [0.1, 0.15) is 11.3 Å². The van der Waals surface area contributed by atoms with Crippen LogP contribution in [-0.4, -0.2) is 15.0 Å². The van der Waals surface area contributed by atoms with Crippen LogP contribution in [0.15, 0.2) is 24.5 Å². The highest BCUT2D eigenvalue weighted by atomic mass is 14.8. The Labute approximate surface area is 82.9 Å². The third-order valence-corrected chi connectivity index (χ3v) is 2.12. The minimum absolute atomic E-state index is 0.904. The molecule has 2 aromatic rings. The molecule has 2 rings (SSSR count). The van der Waals surface area contributed by atoms with E-state index < -0.39 is 0 Å². The highest BCUT2D eigenvalue weighted by Gasteiger charge is 2.06. The van der Waals surface area contributed by atoms with E-state index in [0.29, 0.717) is 0 Å². The van der Waals surface area contributed by atoms with Gasteiger partial charge >= 0.3 is 0 Å². The van der Waals surface area contributed by atoms with Crippen LogP contribution in [0.25, 0.3) is 11.3 Å². The number of nitrogens with zero attached hydrogens (tertiary/aromatic N) is 3. The predicted molar refractivity (Wildman–Crippen MR) is 53.6 cm³/mol. The standard InChI is InChI=1S/C11H10N3/c1-8-4-3-5-13-11(8)10-6-12-7-14-9(10)2/h3-6H,1-2H3. The van der Waals surface area contributed by atoms with Crippen LogP contribution in [-0.2, 0) is 0 Å². The summed E-state index contributed by atoms with van der Waals surface area (Å²) in [6.07, 6.45) is 6.09. The molecule has 0 aromatic carbocycles. The molecular formula is C11H10N3. The highest BCUT2D eigenvalue weighted by molar-refractivity contribution is 5.63. The molecule has 1 radical (unpaired) electrons. The van der Waals surface area contributed by atoms with Crippen molar-refractivity contribution in [2.45, 2.75) is 13.8 Å². The normalized spacial score (nSPS) is 10.1. The molecule has 0 unspecified atom stereocenters. The molecular weight excluding hydrogens is 174 g/mol. The zero-order valence-electron chi connectivity index (χ0n) is 8.15. The van der Waals surface area contributed by atoms with E-state index >= 15 is 0 Å². The van der Waals surface area contributed by atoms with E-state index in [9.17, 15) is 0 Å². The Morgan fingerprint density at radius 3 is 2.86 bits per heavy atom. The molecule has 69 valence electrons. The second-order valence-electron chi connectivity index (χ2n) is 3.14. The number of pyridine rings is 1. The first-order valence-electron chi connectivity index (χ1n) is 4.40. The van der Waals surface area contributed by atoms with Gasteiger partial charge in [-0.15, -0.1) is 0 Å². The summed E-state index contributed by atoms with van der Waals surface area (Å²) in [5, 5.41) is 0. The Kier molecular flexibility index (Phi) is 2.23. The fourth-order valence-corrected chi connectivity index (χ4v) is 1.35. The fourth-order valence-electron chi connectivity index (χ4n) is 1.35. The predicted octanol–water partition coefficient (Wildman–Crippen LogP) is 1.96. The molecule has 3 heteroatoms. The third kappa shape index (κ3) is 1.48. The van der Waals surface area contributed by atoms with Crippen molar-refractivity contribution in [2.75, 3.05) is 0 Å². The van der Waals surface area contributed by atoms with Gasteiger partial charge in [0.15, 0.2) is 6.33 Å². The molecule has 14 heavy (non-hydrogen) atoms. The summed E-state index contributed by atoms with van der Waals surface area (Å²) in [5.41, 5.74) is 3.95. The number of hydrogen-bond donors (Lipinski definition) is 0. The largest absolute Gasteiger partial charge is 0.256 e. The minimum atomic E-state index is 0.904. The molecule has 0 aliphatic rings. The van der Waals surface area contributed by atoms with Crippen molar-refractivity contribution >= 4 is 0 Å². The van der Waals surface area contributed by atoms with Gasteiger partial charge in [-0.2, -0.15) is 0 Å². The summed E-state index contributed by atoms with van der Waals surface area (Å²) in [6, 6.07) is 3.95. The molecule has 0 aliphatic carbocycles. The molecule has 0 saturated heterocycles. The molecule has 0 amide bonds. The van der Waals surface area contributed by atoms with Crippen molar-refractivity contribution in [3.8, 4) is 11.3 Å². The summed E-state index contributed by atoms with van der Waals surface area (Å²) >= 11 is 0. The van der Waals surface area contributed by atoms with E-state index in [0.717, 1.165) is 22.5 Å². The van der Waals surface area contributed by atoms with E-state index in [4.69, 9.17) is 0 Å². The third-order valence-electron chi connectivity index (χ3n) is 2.12. The number of rotatable bonds is 1. The van der Waals surface area contributed by atoms with Gasteiger partial charge in [0, 0.05) is 18.0 Å². The lowest BCUT2D eigenvalue weighted by Crippen LogP contribution is -1.93. The smallest absolute Gasteiger partial charge is 0.197 e. The van der Waals surface area contributed by atoms with Gasteiger partial charge in [0.25, 0.3) is 0 Å². The molecule has 0 N–H and O–H groups in total. The van der Waals surface area contributed by atoms with Crippen LogP contribution >= 0.6 is 0 Å². The average Bonchev–Trinajstić information content (AvgIpc) is 2.20. The van der Waals surface area contributed by atoms with Crippen LogP contribution < -0.4 is 0 Å². The van der Waals surface area contributed by atoms with E-state index in [1.54, 1.807) is 12.4 Å². The van der Waals surface area contributed by atoms with E-state index in [1.807, 2.05) is 26.0 Å². The first-order chi connectivity index (χ1) is 6.79. The second kappa shape index (κ2) is 3.54. The molecule has 0 spiro atoms. The van der Waals surface area contributed by atoms with Crippen molar-refractivity contribution in [3.63, 3.8) is 0 Å². The minimum Gasteiger partial charge on any atom is -0.256 e. The molecule has 0 atom stereocenters. The Bertz CT molecular complexity index is 408. The second-order valence-corrected chi connectivity index (χ2v) is 3.14. The van der Waals surface area contributed by atoms with Gasteiger partial charge in [0.1, 0.15) is 0 Å². The lowest BCUT2D eigenvalue weighted by Gasteiger charge is -2.05. The van der Waals surface area contributed by atoms with Gasteiger partial charge in [-0.25, -0.2) is 9.97 Å². The Hall–Kier alpha value is -1.77. The summed E-state index contributed by atoms with van der Waals surface area (Å²) < 4.78 is 0. The van der Waals surface area contributed by atoms with Crippen LogP contribution in [0.3, 0.4) is 0 Å². The zero-order chi connectivity index (χ0) is 9.97. The van der Waals surface area contributed by atoms with E-state index in [-0.39, 0.29) is 0 Å². The molecule has 0 fully saturated rings. The van der Waals surface area contributed by atoms with Gasteiger partial charge in [-0.1, -0.05) is 6.07 Å². The Balaban J connectivity index is 2.61. The molecule has 2 aromatic heterocycles. The molecule has 0 bridgehead atoms. The Morgan fingerprint density at radius 2 is 2.14 bits per heavy atom. The number of aromatic nitrogens is 3. The van der Waals surface area contributed by atoms with E-state index in [1.165, 1.54) is 0 Å². The summed E-state index contributed by atoms with van der Waals surface area (Å²) in [6.45, 7) is 3.96. The van der Waals surface area contributed by atoms with Gasteiger partial charge in [-0.05, 0) is 25.5 Å². The maximum absolute atomic E-state index is 4.32. The maximum Gasteiger partial charge on any atom is 0.197 e. The molecule has 2 heterocycles. The van der Waals surface area contributed by atoms with Crippen LogP contribution in [0.2, 0.25) is 0 Å². The lowest BCUT2D eigenvalue weighted by molar-refractivity contribution is 1.08. The molecule has 0 saturated carbocycles. The Morgan fingerprint density at radius 1 is 1.29 bits per heavy atom. The van der Waals surface area contributed by atoms with Crippen molar-refractivity contribution in [3.05, 3.63) is 42.1 Å². The highest BCUT2D eigenvalue weighted by Crippen LogP contribution is 2.21. The number of hydrogen-bond acceptors (Lipinski definition) is 3. The average molecular weight is 184 g/mol. The van der Waals surface area contributed by atoms with Crippen LogP contribution in [0.4, 0.5) is 0 Å². The zero-order valence-corrected chi connectivity index (χ0v) is 8.15. The van der Waals surface area contributed by atoms with Crippen molar-refractivity contribution in [2.24, 2.45) is 0 Å². The maximum atomic E-state index is 4.32. The van der Waals surface area contributed by atoms with Gasteiger partial charge in [0.2, 0.25) is 0 Å². The first kappa shape index (κ1) is 8.81. The molecule has 3 nitrogen and oxygen atoms in total. The first-order valence-corrected chi connectivity index (χ1v) is 4.40. The van der Waals surface area contributed by atoms with E-state index in [2.05, 4.69) is 21.3 Å². The summed E-state index contributed by atoms with van der Waals surface area (Å²) in [7, 11) is 0. The molecule has 0 aliphatic heterocycles. The van der Waals surface area contributed by atoms with Gasteiger partial charge in [0.05, 0.1) is 11.4 Å². The quantitative estimate of drug-likeness (QED) is 0.680. The van der Waals surface area contributed by atoms with Crippen LogP contribution in [0, 0.1) is 20.2 Å².